The Labute approximate surface area is 154 Å². The van der Waals surface area contributed by atoms with Crippen molar-refractivity contribution in [3.05, 3.63) is 73.0 Å². The van der Waals surface area contributed by atoms with Crippen LogP contribution in [-0.2, 0) is 0 Å². The van der Waals surface area contributed by atoms with Crippen LogP contribution in [0.15, 0.2) is 71.7 Å². The van der Waals surface area contributed by atoms with Crippen molar-refractivity contribution in [2.24, 2.45) is 0 Å². The van der Waals surface area contributed by atoms with Gasteiger partial charge >= 0.3 is 0 Å². The van der Waals surface area contributed by atoms with Gasteiger partial charge in [0, 0.05) is 18.0 Å². The lowest BCUT2D eigenvalue weighted by Crippen LogP contribution is -1.98. The number of benzene rings is 1. The lowest BCUT2D eigenvalue weighted by Gasteiger charge is -2.07. The highest BCUT2D eigenvalue weighted by Crippen LogP contribution is 2.33. The fourth-order valence-corrected chi connectivity index (χ4v) is 3.16. The fourth-order valence-electron chi connectivity index (χ4n) is 3.16. The zero-order valence-electron chi connectivity index (χ0n) is 14.4. The molecule has 0 spiro atoms. The maximum atomic E-state index is 5.49. The van der Waals surface area contributed by atoms with Gasteiger partial charge in [-0.05, 0) is 37.3 Å². The molecule has 4 heterocycles. The number of aromatic nitrogens is 6. The number of para-hydroxylation sites is 1. The molecule has 4 aromatic heterocycles. The molecule has 7 nitrogen and oxygen atoms in total. The van der Waals surface area contributed by atoms with E-state index in [2.05, 4.69) is 15.2 Å². The maximum Gasteiger partial charge on any atom is 0.248 e. The molecular formula is C20H14N6O. The molecule has 1 aromatic carbocycles. The monoisotopic (exact) mass is 354 g/mol. The second kappa shape index (κ2) is 6.14. The van der Waals surface area contributed by atoms with Gasteiger partial charge in [-0.3, -0.25) is 4.98 Å². The number of fused-ring (bicyclic) bond motifs is 1. The number of rotatable bonds is 3. The summed E-state index contributed by atoms with van der Waals surface area (Å²) in [7, 11) is 0. The van der Waals surface area contributed by atoms with Gasteiger partial charge in [-0.1, -0.05) is 18.2 Å². The summed E-state index contributed by atoms with van der Waals surface area (Å²) in [6.45, 7) is 1.95. The molecule has 0 aliphatic carbocycles. The van der Waals surface area contributed by atoms with Crippen LogP contribution >= 0.6 is 0 Å². The molecule has 0 unspecified atom stereocenters. The van der Waals surface area contributed by atoms with Crippen LogP contribution in [0.3, 0.4) is 0 Å². The number of hydrogen-bond acceptors (Lipinski definition) is 6. The summed E-state index contributed by atoms with van der Waals surface area (Å²) < 4.78 is 7.32. The molecule has 0 aliphatic rings. The van der Waals surface area contributed by atoms with Crippen molar-refractivity contribution in [2.75, 3.05) is 0 Å². The van der Waals surface area contributed by atoms with Gasteiger partial charge in [-0.15, -0.1) is 10.2 Å². The number of pyridine rings is 2. The van der Waals surface area contributed by atoms with Crippen molar-refractivity contribution in [2.45, 2.75) is 6.92 Å². The number of nitrogens with zero attached hydrogens (tertiary/aromatic N) is 6. The highest BCUT2D eigenvalue weighted by atomic mass is 16.4. The quantitative estimate of drug-likeness (QED) is 0.489. The molecule has 0 saturated heterocycles. The van der Waals surface area contributed by atoms with E-state index in [-0.39, 0.29) is 0 Å². The fraction of sp³-hybridized carbons (Fsp3) is 0.0500. The van der Waals surface area contributed by atoms with E-state index in [1.165, 1.54) is 6.39 Å². The first kappa shape index (κ1) is 15.4. The Kier molecular flexibility index (Phi) is 3.50. The van der Waals surface area contributed by atoms with Gasteiger partial charge in [0.2, 0.25) is 12.3 Å². The van der Waals surface area contributed by atoms with Gasteiger partial charge in [0.05, 0.1) is 28.0 Å². The van der Waals surface area contributed by atoms with Crippen LogP contribution in [-0.4, -0.2) is 29.9 Å². The van der Waals surface area contributed by atoms with E-state index in [0.29, 0.717) is 5.89 Å². The van der Waals surface area contributed by atoms with Crippen LogP contribution in [0.5, 0.6) is 0 Å². The summed E-state index contributed by atoms with van der Waals surface area (Å²) in [4.78, 5) is 9.09. The third-order valence-corrected chi connectivity index (χ3v) is 4.36. The third kappa shape index (κ3) is 2.56. The smallest absolute Gasteiger partial charge is 0.248 e. The number of hydrogen-bond donors (Lipinski definition) is 0. The molecular weight excluding hydrogens is 340 g/mol. The molecule has 5 aromatic rings. The zero-order valence-corrected chi connectivity index (χ0v) is 14.4. The Balaban J connectivity index is 1.86. The highest BCUT2D eigenvalue weighted by Gasteiger charge is 2.20. The van der Waals surface area contributed by atoms with Crippen molar-refractivity contribution >= 4 is 11.0 Å². The SMILES string of the molecule is Cc1nn(-c2ccccc2)c2nc(-c3cccnc3)cc(-c3nnco3)c12. The van der Waals surface area contributed by atoms with Crippen LogP contribution in [0.25, 0.3) is 39.4 Å². The zero-order chi connectivity index (χ0) is 18.2. The molecule has 0 fully saturated rings. The first-order valence-corrected chi connectivity index (χ1v) is 8.44. The normalized spacial score (nSPS) is 11.1. The molecule has 130 valence electrons. The topological polar surface area (TPSA) is 82.5 Å². The Morgan fingerprint density at radius 2 is 1.93 bits per heavy atom. The summed E-state index contributed by atoms with van der Waals surface area (Å²) in [5, 5.41) is 13.5. The van der Waals surface area contributed by atoms with Crippen LogP contribution in [0.2, 0.25) is 0 Å². The Hall–Kier alpha value is -3.87. The van der Waals surface area contributed by atoms with E-state index in [1.807, 2.05) is 60.1 Å². The van der Waals surface area contributed by atoms with Crippen LogP contribution < -0.4 is 0 Å². The first-order valence-electron chi connectivity index (χ1n) is 8.44. The van der Waals surface area contributed by atoms with Crippen molar-refractivity contribution in [1.82, 2.24) is 29.9 Å². The predicted molar refractivity (Wildman–Crippen MR) is 100 cm³/mol. The highest BCUT2D eigenvalue weighted by molar-refractivity contribution is 5.95. The summed E-state index contributed by atoms with van der Waals surface area (Å²) in [6.07, 6.45) is 4.84. The van der Waals surface area contributed by atoms with Gasteiger partial charge in [0.15, 0.2) is 5.65 Å². The minimum Gasteiger partial charge on any atom is -0.423 e. The van der Waals surface area contributed by atoms with Gasteiger partial charge in [0.25, 0.3) is 0 Å². The standard InChI is InChI=1S/C20H14N6O/c1-13-18-16(20-24-22-12-27-20)10-17(14-6-5-9-21-11-14)23-19(18)26(25-13)15-7-3-2-4-8-15/h2-12H,1H3. The molecule has 0 bridgehead atoms. The molecule has 0 aliphatic heterocycles. The van der Waals surface area contributed by atoms with Gasteiger partial charge < -0.3 is 4.42 Å². The summed E-state index contributed by atoms with van der Waals surface area (Å²) in [6, 6.07) is 15.7. The predicted octanol–water partition coefficient (Wildman–Crippen LogP) is 3.84. The van der Waals surface area contributed by atoms with E-state index in [4.69, 9.17) is 14.5 Å². The summed E-state index contributed by atoms with van der Waals surface area (Å²) in [5.41, 5.74) is 4.97. The second-order valence-electron chi connectivity index (χ2n) is 6.07. The Morgan fingerprint density at radius 1 is 1.04 bits per heavy atom. The largest absolute Gasteiger partial charge is 0.423 e. The molecule has 5 rings (SSSR count). The van der Waals surface area contributed by atoms with E-state index in [1.54, 1.807) is 12.4 Å². The minimum atomic E-state index is 0.434. The average molecular weight is 354 g/mol. The van der Waals surface area contributed by atoms with Gasteiger partial charge in [-0.2, -0.15) is 5.10 Å². The van der Waals surface area contributed by atoms with Crippen molar-refractivity contribution in [3.63, 3.8) is 0 Å². The van der Waals surface area contributed by atoms with Crippen molar-refractivity contribution in [3.8, 4) is 28.4 Å². The van der Waals surface area contributed by atoms with E-state index in [9.17, 15) is 0 Å². The van der Waals surface area contributed by atoms with Crippen LogP contribution in [0, 0.1) is 6.92 Å². The maximum absolute atomic E-state index is 5.49. The average Bonchev–Trinajstić information content (AvgIpc) is 3.37. The molecule has 0 saturated carbocycles. The summed E-state index contributed by atoms with van der Waals surface area (Å²) in [5.74, 6) is 0.434. The Bertz CT molecular complexity index is 1210. The Morgan fingerprint density at radius 3 is 2.67 bits per heavy atom. The lowest BCUT2D eigenvalue weighted by atomic mass is 10.1. The van der Waals surface area contributed by atoms with Gasteiger partial charge in [0.1, 0.15) is 0 Å². The van der Waals surface area contributed by atoms with Crippen LogP contribution in [0.4, 0.5) is 0 Å². The molecule has 0 N–H and O–H groups in total. The van der Waals surface area contributed by atoms with E-state index in [0.717, 1.165) is 39.2 Å². The first-order chi connectivity index (χ1) is 13.3. The molecule has 0 amide bonds. The van der Waals surface area contributed by atoms with Crippen molar-refractivity contribution in [1.29, 1.82) is 0 Å². The third-order valence-electron chi connectivity index (χ3n) is 4.36. The van der Waals surface area contributed by atoms with E-state index < -0.39 is 0 Å². The van der Waals surface area contributed by atoms with Crippen LogP contribution in [0.1, 0.15) is 5.69 Å². The molecule has 0 atom stereocenters. The molecule has 27 heavy (non-hydrogen) atoms. The molecule has 0 radical (unpaired) electrons. The minimum absolute atomic E-state index is 0.434. The number of aryl methyl sites for hydroxylation is 1. The van der Waals surface area contributed by atoms with Gasteiger partial charge in [-0.25, -0.2) is 9.67 Å². The molecule has 7 heteroatoms. The lowest BCUT2D eigenvalue weighted by molar-refractivity contribution is 0.569. The summed E-state index contributed by atoms with van der Waals surface area (Å²) >= 11 is 0. The van der Waals surface area contributed by atoms with Crippen molar-refractivity contribution < 1.29 is 4.42 Å². The van der Waals surface area contributed by atoms with E-state index >= 15 is 0 Å². The second-order valence-corrected chi connectivity index (χ2v) is 6.07.